The van der Waals surface area contributed by atoms with Gasteiger partial charge in [0.1, 0.15) is 0 Å². The highest BCUT2D eigenvalue weighted by atomic mass is 16.5. The Morgan fingerprint density at radius 1 is 0.943 bits per heavy atom. The van der Waals surface area contributed by atoms with Crippen LogP contribution in [0.3, 0.4) is 0 Å². The van der Waals surface area contributed by atoms with Gasteiger partial charge in [0.2, 0.25) is 5.91 Å². The van der Waals surface area contributed by atoms with Crippen LogP contribution in [0.4, 0.5) is 0 Å². The lowest BCUT2D eigenvalue weighted by molar-refractivity contribution is -0.228. The van der Waals surface area contributed by atoms with Gasteiger partial charge >= 0.3 is 0 Å². The summed E-state index contributed by atoms with van der Waals surface area (Å²) in [5.74, 6) is 2.13. The Labute approximate surface area is 212 Å². The number of oxime groups is 1. The summed E-state index contributed by atoms with van der Waals surface area (Å²) in [5, 5.41) is 23.3. The van der Waals surface area contributed by atoms with Gasteiger partial charge in [0, 0.05) is 5.41 Å². The number of hydrogen-bond acceptors (Lipinski definition) is 4. The average molecular weight is 485 g/mol. The minimum absolute atomic E-state index is 0.0712. The fourth-order valence-corrected chi connectivity index (χ4v) is 11.6. The molecule has 3 N–H and O–H groups in total. The van der Waals surface area contributed by atoms with Crippen LogP contribution in [0.2, 0.25) is 0 Å². The lowest BCUT2D eigenvalue weighted by atomic mass is 9.32. The molecule has 5 aliphatic carbocycles. The largest absolute Gasteiger partial charge is 0.411 e. The van der Waals surface area contributed by atoms with E-state index in [9.17, 15) is 15.2 Å². The van der Waals surface area contributed by atoms with Crippen LogP contribution in [0.15, 0.2) is 17.3 Å². The van der Waals surface area contributed by atoms with E-state index < -0.39 is 5.41 Å². The van der Waals surface area contributed by atoms with Gasteiger partial charge in [-0.3, -0.25) is 10.0 Å². The molecule has 0 heterocycles. The van der Waals surface area contributed by atoms with Crippen molar-refractivity contribution in [3.05, 3.63) is 12.2 Å². The molecular formula is C30H48N2O3. The normalized spacial score (nSPS) is 51.5. The minimum atomic E-state index is -0.452. The predicted molar refractivity (Wildman–Crippen MR) is 138 cm³/mol. The number of hydrogen-bond donors (Lipinski definition) is 3. The zero-order valence-electron chi connectivity index (χ0n) is 22.9. The first-order chi connectivity index (χ1) is 16.3. The second-order valence-electron chi connectivity index (χ2n) is 14.6. The van der Waals surface area contributed by atoms with Crippen molar-refractivity contribution in [2.75, 3.05) is 0 Å². The van der Waals surface area contributed by atoms with E-state index in [1.807, 2.05) is 0 Å². The third-order valence-electron chi connectivity index (χ3n) is 13.5. The van der Waals surface area contributed by atoms with Crippen molar-refractivity contribution >= 4 is 11.6 Å². The average Bonchev–Trinajstić information content (AvgIpc) is 3.20. The molecular weight excluding hydrogens is 436 g/mol. The first-order valence-corrected chi connectivity index (χ1v) is 14.1. The molecule has 0 aromatic carbocycles. The van der Waals surface area contributed by atoms with Crippen molar-refractivity contribution in [3.8, 4) is 0 Å². The second kappa shape index (κ2) is 7.82. The number of fused-ring (bicyclic) bond motifs is 7. The molecule has 5 rings (SSSR count). The van der Waals surface area contributed by atoms with Crippen molar-refractivity contribution in [1.82, 2.24) is 5.48 Å². The lowest BCUT2D eigenvalue weighted by Crippen LogP contribution is -2.67. The third kappa shape index (κ3) is 2.97. The molecule has 5 nitrogen and oxygen atoms in total. The maximum Gasteiger partial charge on any atom is 0.249 e. The van der Waals surface area contributed by atoms with E-state index >= 15 is 0 Å². The fraction of sp³-hybridized carbons (Fsp3) is 0.867. The zero-order chi connectivity index (χ0) is 25.6. The number of allylic oxidation sites excluding steroid dienone is 1. The quantitative estimate of drug-likeness (QED) is 0.171. The summed E-state index contributed by atoms with van der Waals surface area (Å²) >= 11 is 0. The summed E-state index contributed by atoms with van der Waals surface area (Å²) in [4.78, 5) is 13.2. The van der Waals surface area contributed by atoms with Crippen LogP contribution < -0.4 is 5.48 Å². The molecule has 0 unspecified atom stereocenters. The van der Waals surface area contributed by atoms with Crippen molar-refractivity contribution in [2.45, 2.75) is 106 Å². The summed E-state index contributed by atoms with van der Waals surface area (Å²) in [6, 6.07) is 0. The molecule has 0 aromatic rings. The zero-order valence-corrected chi connectivity index (χ0v) is 22.9. The molecule has 0 aromatic heterocycles. The highest BCUT2D eigenvalue weighted by Gasteiger charge is 2.71. The number of hydroxylamine groups is 1. The summed E-state index contributed by atoms with van der Waals surface area (Å²) in [7, 11) is 0. The maximum absolute atomic E-state index is 13.2. The Balaban J connectivity index is 1.56. The molecule has 5 aliphatic rings. The van der Waals surface area contributed by atoms with E-state index in [0.29, 0.717) is 23.7 Å². The van der Waals surface area contributed by atoms with E-state index in [1.54, 1.807) is 0 Å². The fourth-order valence-electron chi connectivity index (χ4n) is 11.6. The van der Waals surface area contributed by atoms with Crippen LogP contribution in [-0.2, 0) is 4.79 Å². The van der Waals surface area contributed by atoms with Gasteiger partial charge in [0.15, 0.2) is 0 Å². The van der Waals surface area contributed by atoms with Gasteiger partial charge in [-0.2, -0.15) is 0 Å². The molecule has 0 aliphatic heterocycles. The van der Waals surface area contributed by atoms with E-state index in [0.717, 1.165) is 50.7 Å². The highest BCUT2D eigenvalue weighted by molar-refractivity contribution is 5.90. The number of carbonyl (C=O) groups excluding carboxylic acids is 1. The lowest BCUT2D eigenvalue weighted by Gasteiger charge is -2.72. The number of carbonyl (C=O) groups is 1. The van der Waals surface area contributed by atoms with Crippen molar-refractivity contribution in [1.29, 1.82) is 0 Å². The molecule has 5 fully saturated rings. The minimum Gasteiger partial charge on any atom is -0.411 e. The predicted octanol–water partition coefficient (Wildman–Crippen LogP) is 6.98. The van der Waals surface area contributed by atoms with Gasteiger partial charge in [-0.25, -0.2) is 5.48 Å². The van der Waals surface area contributed by atoms with Crippen LogP contribution in [0.1, 0.15) is 106 Å². The molecule has 5 saturated carbocycles. The van der Waals surface area contributed by atoms with Gasteiger partial charge < -0.3 is 5.21 Å². The standard InChI is InChI=1S/C30H48N2O3/c1-18(2)19-10-15-30(25(33)32-35)17-16-28(6)20(24(19)30)8-9-22-27(5)13-12-23(31-34)26(3,4)21(27)11-14-29(22,28)7/h19-22,24,34-35H,1,8-17H2,2-7H3,(H,32,33)/b31-23+/t19-,20+,21-,22+,24+,27-,28+,29+,30-/m0/s1. The molecule has 5 heteroatoms. The summed E-state index contributed by atoms with van der Waals surface area (Å²) in [6.07, 6.45) is 10.6. The Hall–Kier alpha value is -1.36. The molecule has 196 valence electrons. The molecule has 0 saturated heterocycles. The Morgan fingerprint density at radius 2 is 1.66 bits per heavy atom. The Morgan fingerprint density at radius 3 is 2.29 bits per heavy atom. The van der Waals surface area contributed by atoms with Crippen molar-refractivity contribution in [3.63, 3.8) is 0 Å². The van der Waals surface area contributed by atoms with Crippen molar-refractivity contribution in [2.24, 2.45) is 61.8 Å². The maximum atomic E-state index is 13.2. The second-order valence-corrected chi connectivity index (χ2v) is 14.6. The number of nitrogens with one attached hydrogen (secondary N) is 1. The molecule has 0 bridgehead atoms. The van der Waals surface area contributed by atoms with E-state index in [4.69, 9.17) is 0 Å². The molecule has 0 spiro atoms. The van der Waals surface area contributed by atoms with E-state index in [1.165, 1.54) is 24.8 Å². The number of rotatable bonds is 2. The Kier molecular flexibility index (Phi) is 5.65. The van der Waals surface area contributed by atoms with Gasteiger partial charge in [-0.05, 0) is 117 Å². The highest BCUT2D eigenvalue weighted by Crippen LogP contribution is 2.77. The van der Waals surface area contributed by atoms with E-state index in [2.05, 4.69) is 58.8 Å². The van der Waals surface area contributed by atoms with Crippen LogP contribution >= 0.6 is 0 Å². The molecule has 35 heavy (non-hydrogen) atoms. The van der Waals surface area contributed by atoms with Gasteiger partial charge in [-0.15, -0.1) is 0 Å². The molecule has 1 amide bonds. The summed E-state index contributed by atoms with van der Waals surface area (Å²) < 4.78 is 0. The Bertz CT molecular complexity index is 957. The first-order valence-electron chi connectivity index (χ1n) is 14.1. The molecule has 0 radical (unpaired) electrons. The third-order valence-corrected chi connectivity index (χ3v) is 13.5. The van der Waals surface area contributed by atoms with Gasteiger partial charge in [-0.1, -0.05) is 51.9 Å². The van der Waals surface area contributed by atoms with E-state index in [-0.39, 0.29) is 33.5 Å². The topological polar surface area (TPSA) is 81.9 Å². The van der Waals surface area contributed by atoms with Crippen LogP contribution in [-0.4, -0.2) is 22.0 Å². The van der Waals surface area contributed by atoms with Gasteiger partial charge in [0.05, 0.1) is 11.1 Å². The smallest absolute Gasteiger partial charge is 0.249 e. The summed E-state index contributed by atoms with van der Waals surface area (Å²) in [5.41, 5.74) is 4.38. The van der Waals surface area contributed by atoms with Crippen LogP contribution in [0.25, 0.3) is 0 Å². The number of amides is 1. The van der Waals surface area contributed by atoms with Gasteiger partial charge in [0.25, 0.3) is 0 Å². The molecule has 9 atom stereocenters. The number of nitrogens with zero attached hydrogens (tertiary/aromatic N) is 1. The first kappa shape index (κ1) is 25.3. The van der Waals surface area contributed by atoms with Crippen LogP contribution in [0, 0.1) is 56.7 Å². The van der Waals surface area contributed by atoms with Crippen molar-refractivity contribution < 1.29 is 15.2 Å². The summed E-state index contributed by atoms with van der Waals surface area (Å²) in [6.45, 7) is 18.8. The monoisotopic (exact) mass is 484 g/mol. The van der Waals surface area contributed by atoms with Crippen LogP contribution in [0.5, 0.6) is 0 Å². The SMILES string of the molecule is C=C(C)[C@@H]1CC[C@]2(C(=O)NO)CC[C@]3(C)[C@H](CC[C@@H]4[C@@]5(C)CC/C(=N\O)C(C)(C)[C@@H]5CC[C@]43C)[C@@H]12.